The predicted molar refractivity (Wildman–Crippen MR) is 78.1 cm³/mol. The van der Waals surface area contributed by atoms with Crippen LogP contribution < -0.4 is 9.47 Å². The first-order chi connectivity index (χ1) is 9.85. The lowest BCUT2D eigenvalue weighted by atomic mass is 10.2. The zero-order chi connectivity index (χ0) is 15.6. The minimum absolute atomic E-state index is 0.0791. The fourth-order valence-corrected chi connectivity index (χ4v) is 3.32. The van der Waals surface area contributed by atoms with E-state index in [0.717, 1.165) is 5.56 Å². The number of likely N-dealkylation sites (tertiary alicyclic amines) is 1. The first kappa shape index (κ1) is 15.9. The predicted octanol–water partition coefficient (Wildman–Crippen LogP) is 1.37. The van der Waals surface area contributed by atoms with Gasteiger partial charge in [0.2, 0.25) is 15.0 Å². The summed E-state index contributed by atoms with van der Waals surface area (Å²) in [6.07, 6.45) is -0.0791. The number of carbonyl (C=O) groups is 1. The molecule has 0 radical (unpaired) electrons. The average molecular weight is 334 g/mol. The highest BCUT2D eigenvalue weighted by molar-refractivity contribution is 8.14. The topological polar surface area (TPSA) is 72.9 Å². The molecular formula is C13H16ClNO5S. The average Bonchev–Trinajstić information content (AvgIpc) is 2.80. The highest BCUT2D eigenvalue weighted by Crippen LogP contribution is 2.28. The molecule has 0 spiro atoms. The molecule has 1 aliphatic rings. The van der Waals surface area contributed by atoms with Crippen molar-refractivity contribution in [3.8, 4) is 11.5 Å². The number of benzene rings is 1. The summed E-state index contributed by atoms with van der Waals surface area (Å²) in [5.74, 6) is 0.992. The van der Waals surface area contributed by atoms with Crippen molar-refractivity contribution in [3.05, 3.63) is 23.8 Å². The Hall–Kier alpha value is -1.47. The van der Waals surface area contributed by atoms with Gasteiger partial charge in [-0.1, -0.05) is 0 Å². The van der Waals surface area contributed by atoms with Crippen LogP contribution in [0.1, 0.15) is 12.0 Å². The second-order valence-corrected chi connectivity index (χ2v) is 7.66. The van der Waals surface area contributed by atoms with Gasteiger partial charge in [0.1, 0.15) is 16.7 Å². The van der Waals surface area contributed by atoms with E-state index in [1.54, 1.807) is 25.3 Å². The van der Waals surface area contributed by atoms with Crippen LogP contribution in [0.2, 0.25) is 0 Å². The number of ether oxygens (including phenoxy) is 2. The van der Waals surface area contributed by atoms with Gasteiger partial charge in [0, 0.05) is 41.8 Å². The Balaban J connectivity index is 2.17. The van der Waals surface area contributed by atoms with Crippen LogP contribution in [0.25, 0.3) is 0 Å². The van der Waals surface area contributed by atoms with Crippen molar-refractivity contribution in [2.45, 2.75) is 18.2 Å². The van der Waals surface area contributed by atoms with Crippen LogP contribution in [0.15, 0.2) is 18.2 Å². The fourth-order valence-electron chi connectivity index (χ4n) is 2.27. The lowest BCUT2D eigenvalue weighted by molar-refractivity contribution is -0.128. The van der Waals surface area contributed by atoms with Crippen molar-refractivity contribution in [3.63, 3.8) is 0 Å². The fraction of sp³-hybridized carbons (Fsp3) is 0.462. The van der Waals surface area contributed by atoms with Crippen molar-refractivity contribution < 1.29 is 22.7 Å². The maximum Gasteiger partial charge on any atom is 0.237 e. The molecule has 1 heterocycles. The summed E-state index contributed by atoms with van der Waals surface area (Å²) < 4.78 is 33.0. The van der Waals surface area contributed by atoms with Gasteiger partial charge in [-0.2, -0.15) is 0 Å². The lowest BCUT2D eigenvalue weighted by Crippen LogP contribution is -2.26. The van der Waals surface area contributed by atoms with E-state index in [-0.39, 0.29) is 25.4 Å². The molecule has 0 saturated carbocycles. The molecule has 8 heteroatoms. The normalized spacial score (nSPS) is 18.9. The third-order valence-electron chi connectivity index (χ3n) is 3.43. The van der Waals surface area contributed by atoms with Gasteiger partial charge in [-0.15, -0.1) is 0 Å². The number of amides is 1. The molecule has 0 bridgehead atoms. The molecule has 6 nitrogen and oxygen atoms in total. The zero-order valence-electron chi connectivity index (χ0n) is 11.7. The standard InChI is InChI=1S/C13H16ClNO5S/c1-19-10-4-3-9(12(5-10)20-2)7-15-8-11(6-13(15)16)21(14,17)18/h3-5,11H,6-8H2,1-2H3. The van der Waals surface area contributed by atoms with E-state index >= 15 is 0 Å². The van der Waals surface area contributed by atoms with E-state index in [1.165, 1.54) is 12.0 Å². The van der Waals surface area contributed by atoms with Crippen LogP contribution in [0.3, 0.4) is 0 Å². The molecule has 1 amide bonds. The van der Waals surface area contributed by atoms with Gasteiger partial charge in [0.15, 0.2) is 0 Å². The third kappa shape index (κ3) is 3.59. The second-order valence-electron chi connectivity index (χ2n) is 4.75. The van der Waals surface area contributed by atoms with E-state index in [4.69, 9.17) is 20.2 Å². The maximum absolute atomic E-state index is 11.9. The Bertz CT molecular complexity index is 646. The highest BCUT2D eigenvalue weighted by Gasteiger charge is 2.37. The minimum atomic E-state index is -3.73. The van der Waals surface area contributed by atoms with E-state index in [9.17, 15) is 13.2 Å². The van der Waals surface area contributed by atoms with Crippen LogP contribution in [0, 0.1) is 0 Å². The first-order valence-corrected chi connectivity index (χ1v) is 8.64. The van der Waals surface area contributed by atoms with E-state index in [1.807, 2.05) is 0 Å². The number of hydrogen-bond acceptors (Lipinski definition) is 5. The zero-order valence-corrected chi connectivity index (χ0v) is 13.3. The lowest BCUT2D eigenvalue weighted by Gasteiger charge is -2.18. The van der Waals surface area contributed by atoms with Gasteiger partial charge in [0.05, 0.1) is 14.2 Å². The van der Waals surface area contributed by atoms with Crippen molar-refractivity contribution >= 4 is 25.6 Å². The molecule has 1 aliphatic heterocycles. The summed E-state index contributed by atoms with van der Waals surface area (Å²) in [7, 11) is 4.67. The number of methoxy groups -OCH3 is 2. The molecule has 0 N–H and O–H groups in total. The third-order valence-corrected chi connectivity index (χ3v) is 5.30. The number of halogens is 1. The monoisotopic (exact) mass is 333 g/mol. The van der Waals surface area contributed by atoms with Crippen LogP contribution in [-0.2, 0) is 20.4 Å². The first-order valence-electron chi connectivity index (χ1n) is 6.27. The van der Waals surface area contributed by atoms with Gasteiger partial charge < -0.3 is 14.4 Å². The molecule has 0 aliphatic carbocycles. The molecule has 1 fully saturated rings. The largest absolute Gasteiger partial charge is 0.497 e. The van der Waals surface area contributed by atoms with Crippen molar-refractivity contribution in [1.29, 1.82) is 0 Å². The van der Waals surface area contributed by atoms with E-state index in [2.05, 4.69) is 0 Å². The highest BCUT2D eigenvalue weighted by atomic mass is 35.7. The Labute approximate surface area is 128 Å². The van der Waals surface area contributed by atoms with Gasteiger partial charge >= 0.3 is 0 Å². The Morgan fingerprint density at radius 3 is 2.57 bits per heavy atom. The Morgan fingerprint density at radius 2 is 2.05 bits per heavy atom. The molecule has 116 valence electrons. The molecule has 1 unspecified atom stereocenters. The van der Waals surface area contributed by atoms with Gasteiger partial charge in [-0.3, -0.25) is 4.79 Å². The molecule has 0 aromatic heterocycles. The SMILES string of the molecule is COc1ccc(CN2CC(S(=O)(=O)Cl)CC2=O)c(OC)c1. The maximum atomic E-state index is 11.9. The number of rotatable bonds is 5. The number of hydrogen-bond donors (Lipinski definition) is 0. The molecule has 1 aromatic carbocycles. The number of carbonyl (C=O) groups excluding carboxylic acids is 1. The summed E-state index contributed by atoms with van der Waals surface area (Å²) in [5.41, 5.74) is 0.777. The minimum Gasteiger partial charge on any atom is -0.497 e. The van der Waals surface area contributed by atoms with Crippen LogP contribution in [0.5, 0.6) is 11.5 Å². The van der Waals surface area contributed by atoms with Gasteiger partial charge in [-0.05, 0) is 12.1 Å². The van der Waals surface area contributed by atoms with E-state index in [0.29, 0.717) is 11.5 Å². The number of nitrogens with zero attached hydrogens (tertiary/aromatic N) is 1. The smallest absolute Gasteiger partial charge is 0.237 e. The summed E-state index contributed by atoms with van der Waals surface area (Å²) in [6, 6.07) is 5.26. The van der Waals surface area contributed by atoms with Crippen molar-refractivity contribution in [2.75, 3.05) is 20.8 Å². The molecule has 21 heavy (non-hydrogen) atoms. The summed E-state index contributed by atoms with van der Waals surface area (Å²) in [6.45, 7) is 0.370. The quantitative estimate of drug-likeness (QED) is 0.761. The molecule has 1 aromatic rings. The van der Waals surface area contributed by atoms with E-state index < -0.39 is 14.3 Å². The van der Waals surface area contributed by atoms with Gasteiger partial charge in [0.25, 0.3) is 0 Å². The summed E-state index contributed by atoms with van der Waals surface area (Å²) in [4.78, 5) is 13.4. The Kier molecular flexibility index (Phi) is 4.63. The molecular weight excluding hydrogens is 318 g/mol. The molecule has 2 rings (SSSR count). The molecule has 1 saturated heterocycles. The van der Waals surface area contributed by atoms with Crippen LogP contribution >= 0.6 is 10.7 Å². The van der Waals surface area contributed by atoms with Gasteiger partial charge in [-0.25, -0.2) is 8.42 Å². The summed E-state index contributed by atoms with van der Waals surface area (Å²) in [5, 5.41) is -0.851. The second kappa shape index (κ2) is 6.11. The van der Waals surface area contributed by atoms with Crippen LogP contribution in [0.4, 0.5) is 0 Å². The van der Waals surface area contributed by atoms with Crippen molar-refractivity contribution in [1.82, 2.24) is 4.90 Å². The Morgan fingerprint density at radius 1 is 1.33 bits per heavy atom. The summed E-state index contributed by atoms with van der Waals surface area (Å²) >= 11 is 0. The van der Waals surface area contributed by atoms with Crippen LogP contribution in [-0.4, -0.2) is 45.2 Å². The molecule has 1 atom stereocenters. The van der Waals surface area contributed by atoms with Crippen molar-refractivity contribution in [2.24, 2.45) is 0 Å².